The van der Waals surface area contributed by atoms with Crippen LogP contribution in [0.4, 0.5) is 4.39 Å². The van der Waals surface area contributed by atoms with Crippen LogP contribution in [0.15, 0.2) is 24.3 Å². The third-order valence-corrected chi connectivity index (χ3v) is 4.09. The van der Waals surface area contributed by atoms with E-state index >= 15 is 0 Å². The van der Waals surface area contributed by atoms with E-state index in [0.29, 0.717) is 18.7 Å². The van der Waals surface area contributed by atoms with E-state index in [1.165, 1.54) is 6.07 Å². The molecule has 1 saturated heterocycles. The summed E-state index contributed by atoms with van der Waals surface area (Å²) in [6.07, 6.45) is 0. The van der Waals surface area contributed by atoms with Crippen molar-refractivity contribution in [2.24, 2.45) is 0 Å². The number of nitrogens with zero attached hydrogens (tertiary/aromatic N) is 2. The lowest BCUT2D eigenvalue weighted by Crippen LogP contribution is -2.59. The largest absolute Gasteiger partial charge is 0.340 e. The molecule has 5 heteroatoms. The Kier molecular flexibility index (Phi) is 4.96. The van der Waals surface area contributed by atoms with Gasteiger partial charge in [-0.1, -0.05) is 18.2 Å². The quantitative estimate of drug-likeness (QED) is 0.913. The van der Waals surface area contributed by atoms with Crippen LogP contribution in [0, 0.1) is 5.82 Å². The summed E-state index contributed by atoms with van der Waals surface area (Å²) >= 11 is 0. The van der Waals surface area contributed by atoms with E-state index in [1.807, 2.05) is 0 Å². The molecule has 1 aromatic carbocycles. The van der Waals surface area contributed by atoms with Crippen molar-refractivity contribution in [1.29, 1.82) is 0 Å². The number of benzene rings is 1. The lowest BCUT2D eigenvalue weighted by atomic mass is 10.0. The first kappa shape index (κ1) is 15.9. The zero-order valence-electron chi connectivity index (χ0n) is 13.0. The lowest BCUT2D eigenvalue weighted by Gasteiger charge is -2.42. The van der Waals surface area contributed by atoms with Gasteiger partial charge in [-0.2, -0.15) is 0 Å². The minimum Gasteiger partial charge on any atom is -0.340 e. The second-order valence-electron chi connectivity index (χ2n) is 6.25. The highest BCUT2D eigenvalue weighted by atomic mass is 19.1. The van der Waals surface area contributed by atoms with Crippen LogP contribution >= 0.6 is 0 Å². The summed E-state index contributed by atoms with van der Waals surface area (Å²) < 4.78 is 13.6. The molecule has 21 heavy (non-hydrogen) atoms. The Balaban J connectivity index is 1.95. The maximum atomic E-state index is 13.6. The molecule has 1 fully saturated rings. The van der Waals surface area contributed by atoms with Crippen LogP contribution < -0.4 is 5.32 Å². The van der Waals surface area contributed by atoms with Gasteiger partial charge in [0.2, 0.25) is 5.91 Å². The number of halogens is 1. The lowest BCUT2D eigenvalue weighted by molar-refractivity contribution is -0.133. The normalized spacial score (nSPS) is 18.5. The molecule has 0 unspecified atom stereocenters. The van der Waals surface area contributed by atoms with Gasteiger partial charge in [0.15, 0.2) is 0 Å². The van der Waals surface area contributed by atoms with Gasteiger partial charge in [0.05, 0.1) is 6.54 Å². The maximum Gasteiger partial charge on any atom is 0.236 e. The first-order chi connectivity index (χ1) is 9.90. The van der Waals surface area contributed by atoms with E-state index in [0.717, 1.165) is 19.6 Å². The van der Waals surface area contributed by atoms with Crippen molar-refractivity contribution in [3.05, 3.63) is 35.6 Å². The summed E-state index contributed by atoms with van der Waals surface area (Å²) in [5, 5.41) is 3.34. The molecule has 1 aliphatic rings. The SMILES string of the molecule is CN(Cc1ccccc1F)C(=O)CN1CCNCC1(C)C. The number of rotatable bonds is 4. The van der Waals surface area contributed by atoms with Crippen LogP contribution in [0.25, 0.3) is 0 Å². The van der Waals surface area contributed by atoms with Gasteiger partial charge in [-0.25, -0.2) is 4.39 Å². The first-order valence-electron chi connectivity index (χ1n) is 7.33. The van der Waals surface area contributed by atoms with Gasteiger partial charge < -0.3 is 10.2 Å². The van der Waals surface area contributed by atoms with E-state index in [9.17, 15) is 9.18 Å². The molecule has 0 spiro atoms. The molecule has 1 aromatic rings. The molecule has 1 N–H and O–H groups in total. The van der Waals surface area contributed by atoms with Gasteiger partial charge in [-0.15, -0.1) is 0 Å². The van der Waals surface area contributed by atoms with E-state index in [-0.39, 0.29) is 17.3 Å². The zero-order chi connectivity index (χ0) is 15.5. The molecule has 1 amide bonds. The van der Waals surface area contributed by atoms with Crippen LogP contribution in [-0.4, -0.2) is 54.5 Å². The van der Waals surface area contributed by atoms with Gasteiger partial charge in [0.25, 0.3) is 0 Å². The molecule has 1 aliphatic heterocycles. The van der Waals surface area contributed by atoms with Crippen LogP contribution in [0.1, 0.15) is 19.4 Å². The molecular weight excluding hydrogens is 269 g/mol. The molecule has 0 aliphatic carbocycles. The molecular formula is C16H24FN3O. The van der Waals surface area contributed by atoms with Crippen molar-refractivity contribution in [1.82, 2.24) is 15.1 Å². The standard InChI is InChI=1S/C16H24FN3O/c1-16(2)12-18-8-9-20(16)11-15(21)19(3)10-13-6-4-5-7-14(13)17/h4-7,18H,8-12H2,1-3H3. The molecule has 2 rings (SSSR count). The number of amides is 1. The summed E-state index contributed by atoms with van der Waals surface area (Å²) in [4.78, 5) is 16.1. The Morgan fingerprint density at radius 1 is 1.43 bits per heavy atom. The minimum absolute atomic E-state index is 0.0215. The Hall–Kier alpha value is -1.46. The minimum atomic E-state index is -0.264. The smallest absolute Gasteiger partial charge is 0.236 e. The third-order valence-electron chi connectivity index (χ3n) is 4.09. The van der Waals surface area contributed by atoms with Crippen molar-refractivity contribution in [2.75, 3.05) is 33.2 Å². The number of likely N-dealkylation sites (N-methyl/N-ethyl adjacent to an activating group) is 1. The van der Waals surface area contributed by atoms with Crippen molar-refractivity contribution >= 4 is 5.91 Å². The number of hydrogen-bond donors (Lipinski definition) is 1. The fraction of sp³-hybridized carbons (Fsp3) is 0.562. The number of carbonyl (C=O) groups is 1. The summed E-state index contributed by atoms with van der Waals surface area (Å²) in [7, 11) is 1.73. The fourth-order valence-corrected chi connectivity index (χ4v) is 2.57. The van der Waals surface area contributed by atoms with E-state index < -0.39 is 0 Å². The molecule has 1 heterocycles. The first-order valence-corrected chi connectivity index (χ1v) is 7.33. The van der Waals surface area contributed by atoms with Gasteiger partial charge >= 0.3 is 0 Å². The Morgan fingerprint density at radius 2 is 2.14 bits per heavy atom. The summed E-state index contributed by atoms with van der Waals surface area (Å²) in [5.41, 5.74) is 0.514. The number of carbonyl (C=O) groups excluding carboxylic acids is 1. The van der Waals surface area contributed by atoms with Crippen molar-refractivity contribution < 1.29 is 9.18 Å². The Labute approximate surface area is 125 Å². The van der Waals surface area contributed by atoms with E-state index in [2.05, 4.69) is 24.1 Å². The van der Waals surface area contributed by atoms with E-state index in [1.54, 1.807) is 30.1 Å². The van der Waals surface area contributed by atoms with Crippen LogP contribution in [0.3, 0.4) is 0 Å². The topological polar surface area (TPSA) is 35.6 Å². The van der Waals surface area contributed by atoms with Gasteiger partial charge in [-0.3, -0.25) is 9.69 Å². The van der Waals surface area contributed by atoms with E-state index in [4.69, 9.17) is 0 Å². The maximum absolute atomic E-state index is 13.6. The monoisotopic (exact) mass is 293 g/mol. The molecule has 0 bridgehead atoms. The zero-order valence-corrected chi connectivity index (χ0v) is 13.0. The predicted octanol–water partition coefficient (Wildman–Crippen LogP) is 1.47. The average molecular weight is 293 g/mol. The Bertz CT molecular complexity index is 504. The van der Waals surface area contributed by atoms with Crippen molar-refractivity contribution in [3.8, 4) is 0 Å². The molecule has 116 valence electrons. The van der Waals surface area contributed by atoms with Gasteiger partial charge in [0.1, 0.15) is 5.82 Å². The second kappa shape index (κ2) is 6.54. The Morgan fingerprint density at radius 3 is 2.81 bits per heavy atom. The fourth-order valence-electron chi connectivity index (χ4n) is 2.57. The number of hydrogen-bond acceptors (Lipinski definition) is 3. The van der Waals surface area contributed by atoms with Crippen LogP contribution in [0.5, 0.6) is 0 Å². The highest BCUT2D eigenvalue weighted by Crippen LogP contribution is 2.16. The molecule has 0 radical (unpaired) electrons. The van der Waals surface area contributed by atoms with Crippen molar-refractivity contribution in [2.45, 2.75) is 25.9 Å². The molecule has 4 nitrogen and oxygen atoms in total. The highest BCUT2D eigenvalue weighted by molar-refractivity contribution is 5.78. The summed E-state index contributed by atoms with van der Waals surface area (Å²) in [6.45, 7) is 7.56. The number of nitrogens with one attached hydrogen (secondary N) is 1. The second-order valence-corrected chi connectivity index (χ2v) is 6.25. The number of piperazine rings is 1. The molecule has 0 saturated carbocycles. The van der Waals surface area contributed by atoms with Crippen molar-refractivity contribution in [3.63, 3.8) is 0 Å². The van der Waals surface area contributed by atoms with Gasteiger partial charge in [-0.05, 0) is 19.9 Å². The average Bonchev–Trinajstić information content (AvgIpc) is 2.43. The third kappa shape index (κ3) is 4.02. The predicted molar refractivity (Wildman–Crippen MR) is 81.4 cm³/mol. The summed E-state index contributed by atoms with van der Waals surface area (Å²) in [6, 6.07) is 6.58. The van der Waals surface area contributed by atoms with Crippen LogP contribution in [0.2, 0.25) is 0 Å². The highest BCUT2D eigenvalue weighted by Gasteiger charge is 2.31. The van der Waals surface area contributed by atoms with Gasteiger partial charge in [0, 0.05) is 44.3 Å². The van der Waals surface area contributed by atoms with Crippen LogP contribution in [-0.2, 0) is 11.3 Å². The summed E-state index contributed by atoms with van der Waals surface area (Å²) in [5.74, 6) is -0.243. The molecule has 0 atom stereocenters. The molecule has 0 aromatic heterocycles.